The lowest BCUT2D eigenvalue weighted by atomic mass is 9.98. The molecule has 6 rings (SSSR count). The lowest BCUT2D eigenvalue weighted by molar-refractivity contribution is 0.739. The van der Waals surface area contributed by atoms with E-state index in [9.17, 15) is 0 Å². The standard InChI is InChI=1S/C22H18N6S/c1-2-18-17(11-14(1)13-3-7-23-8-4-13)20(28-27-18)22-25-19-16(15-6-10-29-12-15)5-9-24-21(19)26-22/h1-3,5-6,9-12,23H,4,7-8H2,(H,27,28)(H,24,25,26). The van der Waals surface area contributed by atoms with E-state index in [0.29, 0.717) is 5.65 Å². The number of benzene rings is 1. The van der Waals surface area contributed by atoms with Crippen molar-refractivity contribution in [3.05, 3.63) is 58.9 Å². The molecule has 0 unspecified atom stereocenters. The number of thiophene rings is 1. The zero-order chi connectivity index (χ0) is 19.2. The largest absolute Gasteiger partial charge is 0.335 e. The van der Waals surface area contributed by atoms with Crippen LogP contribution in [-0.4, -0.2) is 38.2 Å². The number of pyridine rings is 1. The average molecular weight is 398 g/mol. The van der Waals surface area contributed by atoms with Gasteiger partial charge in [-0.2, -0.15) is 16.4 Å². The van der Waals surface area contributed by atoms with Gasteiger partial charge in [0.2, 0.25) is 0 Å². The van der Waals surface area contributed by atoms with Crippen LogP contribution < -0.4 is 5.32 Å². The van der Waals surface area contributed by atoms with E-state index in [4.69, 9.17) is 4.98 Å². The van der Waals surface area contributed by atoms with Crippen LogP contribution in [0.25, 0.3) is 50.3 Å². The van der Waals surface area contributed by atoms with E-state index in [0.717, 1.165) is 53.0 Å². The second-order valence-corrected chi connectivity index (χ2v) is 7.95. The van der Waals surface area contributed by atoms with E-state index in [2.05, 4.69) is 66.6 Å². The van der Waals surface area contributed by atoms with Gasteiger partial charge in [-0.05, 0) is 64.7 Å². The summed E-state index contributed by atoms with van der Waals surface area (Å²) in [6.07, 6.45) is 5.12. The molecule has 0 saturated heterocycles. The van der Waals surface area contributed by atoms with Crippen molar-refractivity contribution in [1.82, 2.24) is 30.5 Å². The van der Waals surface area contributed by atoms with Gasteiger partial charge in [0.25, 0.3) is 0 Å². The Kier molecular flexibility index (Phi) is 3.82. The first-order valence-corrected chi connectivity index (χ1v) is 10.6. The molecule has 6 nitrogen and oxygen atoms in total. The molecule has 142 valence electrons. The first kappa shape index (κ1) is 16.6. The Morgan fingerprint density at radius 2 is 2.07 bits per heavy atom. The molecule has 29 heavy (non-hydrogen) atoms. The number of fused-ring (bicyclic) bond motifs is 2. The van der Waals surface area contributed by atoms with Crippen LogP contribution in [0.5, 0.6) is 0 Å². The Hall–Kier alpha value is -3.29. The molecule has 5 aromatic rings. The summed E-state index contributed by atoms with van der Waals surface area (Å²) in [7, 11) is 0. The number of nitrogens with zero attached hydrogens (tertiary/aromatic N) is 3. The van der Waals surface area contributed by atoms with E-state index in [1.54, 1.807) is 11.3 Å². The highest BCUT2D eigenvalue weighted by Gasteiger charge is 2.17. The minimum Gasteiger partial charge on any atom is -0.335 e. The van der Waals surface area contributed by atoms with Gasteiger partial charge in [0.05, 0.1) is 11.0 Å². The van der Waals surface area contributed by atoms with Crippen molar-refractivity contribution in [2.45, 2.75) is 6.42 Å². The minimum atomic E-state index is 0.706. The number of hydrogen-bond donors (Lipinski definition) is 3. The molecule has 1 aromatic carbocycles. The van der Waals surface area contributed by atoms with Gasteiger partial charge in [0, 0.05) is 23.7 Å². The molecule has 0 amide bonds. The molecule has 1 aliphatic rings. The van der Waals surface area contributed by atoms with E-state index < -0.39 is 0 Å². The zero-order valence-corrected chi connectivity index (χ0v) is 16.4. The van der Waals surface area contributed by atoms with Gasteiger partial charge in [-0.1, -0.05) is 12.1 Å². The smallest absolute Gasteiger partial charge is 0.178 e. The van der Waals surface area contributed by atoms with E-state index in [1.807, 2.05) is 12.3 Å². The molecule has 4 aromatic heterocycles. The molecule has 0 atom stereocenters. The molecule has 0 saturated carbocycles. The highest BCUT2D eigenvalue weighted by Crippen LogP contribution is 2.32. The Balaban J connectivity index is 1.50. The van der Waals surface area contributed by atoms with Crippen molar-refractivity contribution >= 4 is 39.0 Å². The van der Waals surface area contributed by atoms with Crippen molar-refractivity contribution in [3.63, 3.8) is 0 Å². The fourth-order valence-corrected chi connectivity index (χ4v) is 4.62. The van der Waals surface area contributed by atoms with Crippen molar-refractivity contribution in [3.8, 4) is 22.6 Å². The highest BCUT2D eigenvalue weighted by molar-refractivity contribution is 7.08. The fraction of sp³-hybridized carbons (Fsp3) is 0.136. The topological polar surface area (TPSA) is 82.3 Å². The quantitative estimate of drug-likeness (QED) is 0.415. The summed E-state index contributed by atoms with van der Waals surface area (Å²) in [5, 5.41) is 16.4. The molecule has 7 heteroatoms. The van der Waals surface area contributed by atoms with E-state index in [-0.39, 0.29) is 0 Å². The number of hydrogen-bond acceptors (Lipinski definition) is 5. The van der Waals surface area contributed by atoms with Gasteiger partial charge in [-0.15, -0.1) is 0 Å². The number of H-pyrrole nitrogens is 2. The van der Waals surface area contributed by atoms with Crippen LogP contribution in [0.2, 0.25) is 0 Å². The molecule has 3 N–H and O–H groups in total. The maximum absolute atomic E-state index is 4.75. The third kappa shape index (κ3) is 2.78. The van der Waals surface area contributed by atoms with Gasteiger partial charge in [-0.25, -0.2) is 9.97 Å². The van der Waals surface area contributed by atoms with Crippen LogP contribution in [0, 0.1) is 0 Å². The van der Waals surface area contributed by atoms with Crippen molar-refractivity contribution in [2.75, 3.05) is 13.1 Å². The van der Waals surface area contributed by atoms with Gasteiger partial charge in [0.1, 0.15) is 5.69 Å². The summed E-state index contributed by atoms with van der Waals surface area (Å²) in [5.74, 6) is 0.734. The Bertz CT molecular complexity index is 1360. The maximum Gasteiger partial charge on any atom is 0.178 e. The molecular formula is C22H18N6S. The third-order valence-corrected chi connectivity index (χ3v) is 6.13. The monoisotopic (exact) mass is 398 g/mol. The number of aromatic amines is 2. The van der Waals surface area contributed by atoms with Crippen LogP contribution in [0.3, 0.4) is 0 Å². The van der Waals surface area contributed by atoms with Gasteiger partial charge >= 0.3 is 0 Å². The molecule has 0 aliphatic carbocycles. The van der Waals surface area contributed by atoms with Crippen LogP contribution in [0.1, 0.15) is 12.0 Å². The summed E-state index contributed by atoms with van der Waals surface area (Å²) in [6, 6.07) is 10.6. The molecule has 5 heterocycles. The van der Waals surface area contributed by atoms with Crippen LogP contribution in [0.15, 0.2) is 53.4 Å². The normalized spacial score (nSPS) is 14.6. The molecule has 0 fully saturated rings. The summed E-state index contributed by atoms with van der Waals surface area (Å²) in [6.45, 7) is 1.94. The number of imidazole rings is 1. The Labute approximate surface area is 170 Å². The number of rotatable bonds is 3. The number of nitrogens with one attached hydrogen (secondary N) is 3. The lowest BCUT2D eigenvalue weighted by Gasteiger charge is -2.14. The predicted molar refractivity (Wildman–Crippen MR) is 118 cm³/mol. The maximum atomic E-state index is 4.75. The molecule has 0 bridgehead atoms. The van der Waals surface area contributed by atoms with Gasteiger partial charge in [0.15, 0.2) is 11.5 Å². The third-order valence-electron chi connectivity index (χ3n) is 5.45. The predicted octanol–water partition coefficient (Wildman–Crippen LogP) is 4.61. The van der Waals surface area contributed by atoms with E-state index in [1.165, 1.54) is 16.7 Å². The van der Waals surface area contributed by atoms with Crippen LogP contribution in [-0.2, 0) is 0 Å². The lowest BCUT2D eigenvalue weighted by Crippen LogP contribution is -2.19. The highest BCUT2D eigenvalue weighted by atomic mass is 32.1. The van der Waals surface area contributed by atoms with Crippen LogP contribution >= 0.6 is 11.3 Å². The average Bonchev–Trinajstić information content (AvgIpc) is 3.52. The zero-order valence-electron chi connectivity index (χ0n) is 15.6. The first-order valence-electron chi connectivity index (χ1n) is 9.63. The fourth-order valence-electron chi connectivity index (χ4n) is 3.96. The molecule has 0 radical (unpaired) electrons. The summed E-state index contributed by atoms with van der Waals surface area (Å²) in [4.78, 5) is 12.7. The molecule has 1 aliphatic heterocycles. The second-order valence-electron chi connectivity index (χ2n) is 7.17. The summed E-state index contributed by atoms with van der Waals surface area (Å²) >= 11 is 1.68. The van der Waals surface area contributed by atoms with Gasteiger partial charge < -0.3 is 10.3 Å². The summed E-state index contributed by atoms with van der Waals surface area (Å²) < 4.78 is 0. The molecule has 0 spiro atoms. The SMILES string of the molecule is C1=C(c2ccc3[nH]nc(-c4nc5nccc(-c6ccsc6)c5[nH]4)c3c2)CCNC1. The minimum absolute atomic E-state index is 0.706. The number of aromatic nitrogens is 5. The molecular weight excluding hydrogens is 380 g/mol. The Morgan fingerprint density at radius 1 is 1.07 bits per heavy atom. The summed E-state index contributed by atoms with van der Waals surface area (Å²) in [5.41, 5.74) is 8.38. The van der Waals surface area contributed by atoms with Crippen molar-refractivity contribution in [1.29, 1.82) is 0 Å². The van der Waals surface area contributed by atoms with Crippen molar-refractivity contribution in [2.24, 2.45) is 0 Å². The Morgan fingerprint density at radius 3 is 2.93 bits per heavy atom. The van der Waals surface area contributed by atoms with Gasteiger partial charge in [-0.3, -0.25) is 5.10 Å². The first-order chi connectivity index (χ1) is 14.4. The second kappa shape index (κ2) is 6.65. The van der Waals surface area contributed by atoms with E-state index >= 15 is 0 Å². The van der Waals surface area contributed by atoms with Crippen molar-refractivity contribution < 1.29 is 0 Å². The van der Waals surface area contributed by atoms with Crippen LogP contribution in [0.4, 0.5) is 0 Å².